The van der Waals surface area contributed by atoms with E-state index in [1.54, 1.807) is 0 Å². The molecule has 0 spiro atoms. The van der Waals surface area contributed by atoms with Gasteiger partial charge in [-0.25, -0.2) is 0 Å². The molecule has 1 N–H and O–H groups in total. The van der Waals surface area contributed by atoms with Crippen LogP contribution in [0, 0.1) is 5.92 Å². The molecule has 3 rings (SSSR count). The molecule has 0 aliphatic carbocycles. The molecule has 3 saturated heterocycles. The zero-order chi connectivity index (χ0) is 13.9. The van der Waals surface area contributed by atoms with E-state index in [0.29, 0.717) is 30.7 Å². The van der Waals surface area contributed by atoms with Crippen LogP contribution >= 0.6 is 0 Å². The lowest BCUT2D eigenvalue weighted by Crippen LogP contribution is -2.55. The SMILES string of the molecule is O=C1CCCN1CCCN1C(=O)CC[C@@H]2CNCC[C@@H]21. The number of amides is 2. The second-order valence-corrected chi connectivity index (χ2v) is 6.28. The highest BCUT2D eigenvalue weighted by Crippen LogP contribution is 2.28. The first-order valence-electron chi connectivity index (χ1n) is 8.03. The number of carbonyl (C=O) groups excluding carboxylic acids is 2. The third-order valence-corrected chi connectivity index (χ3v) is 5.02. The first-order chi connectivity index (χ1) is 9.75. The molecular formula is C15H25N3O2. The highest BCUT2D eigenvalue weighted by atomic mass is 16.2. The lowest BCUT2D eigenvalue weighted by molar-refractivity contribution is -0.139. The van der Waals surface area contributed by atoms with E-state index < -0.39 is 0 Å². The normalized spacial score (nSPS) is 30.8. The molecule has 3 fully saturated rings. The average Bonchev–Trinajstić information content (AvgIpc) is 2.87. The van der Waals surface area contributed by atoms with Gasteiger partial charge in [-0.3, -0.25) is 9.59 Å². The predicted molar refractivity (Wildman–Crippen MR) is 76.1 cm³/mol. The molecule has 5 nitrogen and oxygen atoms in total. The molecule has 5 heteroatoms. The summed E-state index contributed by atoms with van der Waals surface area (Å²) in [5.74, 6) is 1.24. The van der Waals surface area contributed by atoms with E-state index in [-0.39, 0.29) is 5.91 Å². The maximum Gasteiger partial charge on any atom is 0.222 e. The van der Waals surface area contributed by atoms with Crippen molar-refractivity contribution in [2.24, 2.45) is 5.92 Å². The van der Waals surface area contributed by atoms with Crippen LogP contribution in [0.5, 0.6) is 0 Å². The number of hydrogen-bond acceptors (Lipinski definition) is 3. The van der Waals surface area contributed by atoms with Gasteiger partial charge in [0.05, 0.1) is 0 Å². The third-order valence-electron chi connectivity index (χ3n) is 5.02. The Labute approximate surface area is 120 Å². The largest absolute Gasteiger partial charge is 0.343 e. The molecule has 0 radical (unpaired) electrons. The monoisotopic (exact) mass is 279 g/mol. The summed E-state index contributed by atoms with van der Waals surface area (Å²) < 4.78 is 0. The van der Waals surface area contributed by atoms with Crippen LogP contribution in [0.1, 0.15) is 38.5 Å². The molecule has 3 aliphatic heterocycles. The van der Waals surface area contributed by atoms with Crippen molar-refractivity contribution in [1.82, 2.24) is 15.1 Å². The molecule has 0 aromatic rings. The first kappa shape index (κ1) is 13.9. The summed E-state index contributed by atoms with van der Waals surface area (Å²) in [7, 11) is 0. The summed E-state index contributed by atoms with van der Waals surface area (Å²) in [6.45, 7) is 4.62. The number of carbonyl (C=O) groups is 2. The quantitative estimate of drug-likeness (QED) is 0.820. The van der Waals surface area contributed by atoms with Gasteiger partial charge in [-0.1, -0.05) is 0 Å². The molecule has 3 heterocycles. The van der Waals surface area contributed by atoms with Crippen molar-refractivity contribution < 1.29 is 9.59 Å². The fourth-order valence-corrected chi connectivity index (χ4v) is 3.91. The second kappa shape index (κ2) is 6.12. The van der Waals surface area contributed by atoms with Gasteiger partial charge in [-0.15, -0.1) is 0 Å². The van der Waals surface area contributed by atoms with Gasteiger partial charge in [0, 0.05) is 38.5 Å². The number of fused-ring (bicyclic) bond motifs is 1. The summed E-state index contributed by atoms with van der Waals surface area (Å²) in [5.41, 5.74) is 0. The summed E-state index contributed by atoms with van der Waals surface area (Å²) in [5, 5.41) is 3.44. The van der Waals surface area contributed by atoms with E-state index in [1.165, 1.54) is 0 Å². The number of rotatable bonds is 4. The molecule has 20 heavy (non-hydrogen) atoms. The van der Waals surface area contributed by atoms with Crippen molar-refractivity contribution in [2.75, 3.05) is 32.7 Å². The zero-order valence-corrected chi connectivity index (χ0v) is 12.1. The van der Waals surface area contributed by atoms with Gasteiger partial charge >= 0.3 is 0 Å². The third kappa shape index (κ3) is 2.82. The number of nitrogens with one attached hydrogen (secondary N) is 1. The fraction of sp³-hybridized carbons (Fsp3) is 0.867. The maximum atomic E-state index is 12.2. The van der Waals surface area contributed by atoms with Crippen LogP contribution in [0.4, 0.5) is 0 Å². The topological polar surface area (TPSA) is 52.7 Å². The molecule has 0 aromatic heterocycles. The van der Waals surface area contributed by atoms with Crippen LogP contribution in [-0.2, 0) is 9.59 Å². The lowest BCUT2D eigenvalue weighted by Gasteiger charge is -2.44. The number of hydrogen-bond donors (Lipinski definition) is 1. The van der Waals surface area contributed by atoms with Crippen LogP contribution in [0.2, 0.25) is 0 Å². The van der Waals surface area contributed by atoms with Gasteiger partial charge in [0.1, 0.15) is 0 Å². The van der Waals surface area contributed by atoms with Crippen molar-refractivity contribution >= 4 is 11.8 Å². The lowest BCUT2D eigenvalue weighted by atomic mass is 9.84. The Morgan fingerprint density at radius 3 is 2.80 bits per heavy atom. The van der Waals surface area contributed by atoms with E-state index >= 15 is 0 Å². The average molecular weight is 279 g/mol. The van der Waals surface area contributed by atoms with Gasteiger partial charge < -0.3 is 15.1 Å². The van der Waals surface area contributed by atoms with Crippen molar-refractivity contribution in [3.05, 3.63) is 0 Å². The number of nitrogens with zero attached hydrogens (tertiary/aromatic N) is 2. The summed E-state index contributed by atoms with van der Waals surface area (Å²) in [6, 6.07) is 0.437. The van der Waals surface area contributed by atoms with Gasteiger partial charge in [0.25, 0.3) is 0 Å². The van der Waals surface area contributed by atoms with E-state index in [2.05, 4.69) is 10.2 Å². The molecule has 2 amide bonds. The highest BCUT2D eigenvalue weighted by molar-refractivity contribution is 5.78. The second-order valence-electron chi connectivity index (χ2n) is 6.28. The summed E-state index contributed by atoms with van der Waals surface area (Å²) in [4.78, 5) is 27.8. The van der Waals surface area contributed by atoms with Crippen LogP contribution in [0.25, 0.3) is 0 Å². The van der Waals surface area contributed by atoms with E-state index in [1.807, 2.05) is 4.90 Å². The van der Waals surface area contributed by atoms with Crippen molar-refractivity contribution in [3.63, 3.8) is 0 Å². The molecule has 2 atom stereocenters. The van der Waals surface area contributed by atoms with Crippen LogP contribution in [0.3, 0.4) is 0 Å². The minimum absolute atomic E-state index is 0.287. The Bertz CT molecular complexity index is 385. The van der Waals surface area contributed by atoms with E-state index in [0.717, 1.165) is 58.4 Å². The van der Waals surface area contributed by atoms with Crippen LogP contribution in [0.15, 0.2) is 0 Å². The maximum absolute atomic E-state index is 12.2. The Balaban J connectivity index is 1.51. The van der Waals surface area contributed by atoms with Gasteiger partial charge in [0.2, 0.25) is 11.8 Å². The summed E-state index contributed by atoms with van der Waals surface area (Å²) >= 11 is 0. The zero-order valence-electron chi connectivity index (χ0n) is 12.1. The van der Waals surface area contributed by atoms with Crippen molar-refractivity contribution in [2.45, 2.75) is 44.6 Å². The molecule has 0 unspecified atom stereocenters. The van der Waals surface area contributed by atoms with Gasteiger partial charge in [-0.05, 0) is 44.7 Å². The Hall–Kier alpha value is -1.10. The Kier molecular flexibility index (Phi) is 4.24. The van der Waals surface area contributed by atoms with Crippen molar-refractivity contribution in [1.29, 1.82) is 0 Å². The highest BCUT2D eigenvalue weighted by Gasteiger charge is 2.36. The smallest absolute Gasteiger partial charge is 0.222 e. The molecule has 0 aromatic carbocycles. The molecule has 0 bridgehead atoms. The summed E-state index contributed by atoms with van der Waals surface area (Å²) in [6.07, 6.45) is 5.45. The van der Waals surface area contributed by atoms with Gasteiger partial charge in [0.15, 0.2) is 0 Å². The standard InChI is InChI=1S/C15H25N3O2/c19-14-3-1-8-17(14)9-2-10-18-13-6-7-16-11-12(13)4-5-15(18)20/h12-13,16H,1-11H2/t12-,13+/m1/s1. The molecular weight excluding hydrogens is 254 g/mol. The molecule has 0 saturated carbocycles. The fourth-order valence-electron chi connectivity index (χ4n) is 3.91. The van der Waals surface area contributed by atoms with Crippen LogP contribution in [-0.4, -0.2) is 60.4 Å². The minimum atomic E-state index is 0.287. The Morgan fingerprint density at radius 1 is 1.10 bits per heavy atom. The minimum Gasteiger partial charge on any atom is -0.343 e. The van der Waals surface area contributed by atoms with E-state index in [4.69, 9.17) is 0 Å². The van der Waals surface area contributed by atoms with E-state index in [9.17, 15) is 9.59 Å². The Morgan fingerprint density at radius 2 is 2.00 bits per heavy atom. The predicted octanol–water partition coefficient (Wildman–Crippen LogP) is 0.599. The van der Waals surface area contributed by atoms with Gasteiger partial charge in [-0.2, -0.15) is 0 Å². The molecule has 112 valence electrons. The van der Waals surface area contributed by atoms with Crippen molar-refractivity contribution in [3.8, 4) is 0 Å². The first-order valence-corrected chi connectivity index (χ1v) is 8.03. The number of likely N-dealkylation sites (tertiary alicyclic amines) is 2. The van der Waals surface area contributed by atoms with Crippen LogP contribution < -0.4 is 5.32 Å². The molecule has 3 aliphatic rings. The number of piperidine rings is 2.